The molecule has 0 aromatic carbocycles. The summed E-state index contributed by atoms with van der Waals surface area (Å²) in [4.78, 5) is 2.21. The zero-order valence-electron chi connectivity index (χ0n) is 10.5. The molecule has 0 saturated carbocycles. The van der Waals surface area contributed by atoms with Gasteiger partial charge in [0.15, 0.2) is 0 Å². The van der Waals surface area contributed by atoms with E-state index in [-0.39, 0.29) is 18.6 Å². The zero-order chi connectivity index (χ0) is 12.0. The quantitative estimate of drug-likeness (QED) is 0.692. The summed E-state index contributed by atoms with van der Waals surface area (Å²) in [5, 5.41) is 18.5. The van der Waals surface area contributed by atoms with Crippen LogP contribution in [-0.2, 0) is 4.74 Å². The van der Waals surface area contributed by atoms with Crippen molar-refractivity contribution in [2.24, 2.45) is 11.3 Å². The molecule has 0 unspecified atom stereocenters. The Morgan fingerprint density at radius 2 is 1.81 bits per heavy atom. The van der Waals surface area contributed by atoms with Crippen LogP contribution in [0.5, 0.6) is 0 Å². The van der Waals surface area contributed by atoms with E-state index in [0.29, 0.717) is 5.92 Å². The number of aliphatic hydroxyl groups excluding tert-OH is 2. The summed E-state index contributed by atoms with van der Waals surface area (Å²) < 4.78 is 5.33. The van der Waals surface area contributed by atoms with Crippen molar-refractivity contribution in [1.29, 1.82) is 0 Å². The molecule has 0 aliphatic carbocycles. The van der Waals surface area contributed by atoms with Crippen LogP contribution in [0.1, 0.15) is 19.8 Å². The summed E-state index contributed by atoms with van der Waals surface area (Å²) in [6, 6.07) is 0. The van der Waals surface area contributed by atoms with Crippen LogP contribution >= 0.6 is 0 Å². The topological polar surface area (TPSA) is 52.9 Å². The molecule has 1 saturated heterocycles. The van der Waals surface area contributed by atoms with Crippen LogP contribution in [0.4, 0.5) is 0 Å². The fourth-order valence-corrected chi connectivity index (χ4v) is 2.24. The van der Waals surface area contributed by atoms with Gasteiger partial charge in [-0.05, 0) is 25.8 Å². The molecule has 1 heterocycles. The predicted octanol–water partition coefficient (Wildman–Crippen LogP) is 0.336. The number of rotatable bonds is 6. The summed E-state index contributed by atoms with van der Waals surface area (Å²) >= 11 is 0. The van der Waals surface area contributed by atoms with Gasteiger partial charge in [0.2, 0.25) is 0 Å². The van der Waals surface area contributed by atoms with Gasteiger partial charge in [0, 0.05) is 31.7 Å². The van der Waals surface area contributed by atoms with Crippen LogP contribution in [0.3, 0.4) is 0 Å². The van der Waals surface area contributed by atoms with Crippen LogP contribution in [-0.4, -0.2) is 61.7 Å². The Hall–Kier alpha value is -0.160. The van der Waals surface area contributed by atoms with Gasteiger partial charge in [0.25, 0.3) is 0 Å². The Balaban J connectivity index is 2.30. The monoisotopic (exact) mass is 231 g/mol. The molecule has 1 aliphatic rings. The average molecular weight is 231 g/mol. The molecule has 4 heteroatoms. The lowest BCUT2D eigenvalue weighted by atomic mass is 9.91. The summed E-state index contributed by atoms with van der Waals surface area (Å²) in [5.74, 6) is 0.695. The summed E-state index contributed by atoms with van der Waals surface area (Å²) in [7, 11) is 2.05. The third kappa shape index (κ3) is 4.37. The Morgan fingerprint density at radius 1 is 1.25 bits per heavy atom. The summed E-state index contributed by atoms with van der Waals surface area (Å²) in [6.07, 6.45) is 2.25. The van der Waals surface area contributed by atoms with Gasteiger partial charge < -0.3 is 19.8 Å². The lowest BCUT2D eigenvalue weighted by molar-refractivity contribution is 0.0230. The van der Waals surface area contributed by atoms with Crippen molar-refractivity contribution in [1.82, 2.24) is 4.90 Å². The Labute approximate surface area is 98.2 Å². The minimum Gasteiger partial charge on any atom is -0.396 e. The van der Waals surface area contributed by atoms with Gasteiger partial charge >= 0.3 is 0 Å². The molecule has 96 valence electrons. The third-order valence-electron chi connectivity index (χ3n) is 3.33. The molecule has 4 nitrogen and oxygen atoms in total. The highest BCUT2D eigenvalue weighted by Crippen LogP contribution is 2.19. The van der Waals surface area contributed by atoms with E-state index in [0.717, 1.165) is 39.1 Å². The molecule has 1 rings (SSSR count). The lowest BCUT2D eigenvalue weighted by Gasteiger charge is -2.33. The smallest absolute Gasteiger partial charge is 0.0519 e. The van der Waals surface area contributed by atoms with Gasteiger partial charge in [0.05, 0.1) is 13.2 Å². The first-order chi connectivity index (χ1) is 7.59. The molecular weight excluding hydrogens is 206 g/mol. The fraction of sp³-hybridized carbons (Fsp3) is 1.00. The minimum atomic E-state index is -0.389. The second-order valence-corrected chi connectivity index (χ2v) is 5.38. The van der Waals surface area contributed by atoms with Crippen molar-refractivity contribution in [3.63, 3.8) is 0 Å². The van der Waals surface area contributed by atoms with E-state index in [4.69, 9.17) is 4.74 Å². The molecule has 16 heavy (non-hydrogen) atoms. The maximum Gasteiger partial charge on any atom is 0.0519 e. The first-order valence-corrected chi connectivity index (χ1v) is 6.07. The average Bonchev–Trinajstić information content (AvgIpc) is 2.30. The maximum absolute atomic E-state index is 9.23. The van der Waals surface area contributed by atoms with E-state index in [1.54, 1.807) is 0 Å². The second kappa shape index (κ2) is 6.55. The van der Waals surface area contributed by atoms with Gasteiger partial charge in [-0.15, -0.1) is 0 Å². The SMILES string of the molecule is CN(CC1CCOCC1)CC(C)(CO)CO. The van der Waals surface area contributed by atoms with Crippen molar-refractivity contribution < 1.29 is 14.9 Å². The summed E-state index contributed by atoms with van der Waals surface area (Å²) in [5.41, 5.74) is -0.389. The molecule has 0 atom stereocenters. The molecule has 0 radical (unpaired) electrons. The number of aliphatic hydroxyl groups is 2. The van der Waals surface area contributed by atoms with E-state index in [9.17, 15) is 10.2 Å². The van der Waals surface area contributed by atoms with Gasteiger partial charge in [0.1, 0.15) is 0 Å². The highest BCUT2D eigenvalue weighted by molar-refractivity contribution is 4.77. The van der Waals surface area contributed by atoms with Crippen molar-refractivity contribution >= 4 is 0 Å². The van der Waals surface area contributed by atoms with E-state index < -0.39 is 0 Å². The Kier molecular flexibility index (Phi) is 5.69. The largest absolute Gasteiger partial charge is 0.396 e. The van der Waals surface area contributed by atoms with Gasteiger partial charge in [-0.25, -0.2) is 0 Å². The molecule has 0 aromatic heterocycles. The highest BCUT2D eigenvalue weighted by Gasteiger charge is 2.25. The normalized spacial score (nSPS) is 19.3. The van der Waals surface area contributed by atoms with Crippen LogP contribution in [0.25, 0.3) is 0 Å². The zero-order valence-corrected chi connectivity index (χ0v) is 10.5. The standard InChI is InChI=1S/C12H25NO3/c1-12(9-14,10-15)8-13(2)7-11-3-5-16-6-4-11/h11,14-15H,3-10H2,1-2H3. The number of hydrogen-bond acceptors (Lipinski definition) is 4. The van der Waals surface area contributed by atoms with Crippen molar-refractivity contribution in [3.05, 3.63) is 0 Å². The van der Waals surface area contributed by atoms with Crippen molar-refractivity contribution in [3.8, 4) is 0 Å². The molecule has 0 amide bonds. The lowest BCUT2D eigenvalue weighted by Crippen LogP contribution is -2.41. The fourth-order valence-electron chi connectivity index (χ4n) is 2.24. The molecule has 0 bridgehead atoms. The minimum absolute atomic E-state index is 0.0294. The van der Waals surface area contributed by atoms with Crippen molar-refractivity contribution in [2.75, 3.05) is 46.6 Å². The Bertz CT molecular complexity index is 189. The van der Waals surface area contributed by atoms with E-state index in [1.807, 2.05) is 6.92 Å². The van der Waals surface area contributed by atoms with Crippen LogP contribution in [0.15, 0.2) is 0 Å². The summed E-state index contributed by atoms with van der Waals surface area (Å²) in [6.45, 7) is 5.47. The van der Waals surface area contributed by atoms with Gasteiger partial charge in [-0.3, -0.25) is 0 Å². The van der Waals surface area contributed by atoms with E-state index >= 15 is 0 Å². The number of ether oxygens (including phenoxy) is 1. The highest BCUT2D eigenvalue weighted by atomic mass is 16.5. The molecule has 0 aromatic rings. The number of nitrogens with zero attached hydrogens (tertiary/aromatic N) is 1. The van der Waals surface area contributed by atoms with E-state index in [2.05, 4.69) is 11.9 Å². The second-order valence-electron chi connectivity index (χ2n) is 5.38. The first kappa shape index (κ1) is 13.9. The van der Waals surface area contributed by atoms with Crippen LogP contribution < -0.4 is 0 Å². The number of hydrogen-bond donors (Lipinski definition) is 2. The van der Waals surface area contributed by atoms with Gasteiger partial charge in [-0.2, -0.15) is 0 Å². The van der Waals surface area contributed by atoms with Crippen LogP contribution in [0.2, 0.25) is 0 Å². The molecular formula is C12H25NO3. The molecule has 1 fully saturated rings. The molecule has 1 aliphatic heterocycles. The van der Waals surface area contributed by atoms with E-state index in [1.165, 1.54) is 0 Å². The maximum atomic E-state index is 9.23. The third-order valence-corrected chi connectivity index (χ3v) is 3.33. The predicted molar refractivity (Wildman–Crippen MR) is 63.3 cm³/mol. The van der Waals surface area contributed by atoms with Crippen molar-refractivity contribution in [2.45, 2.75) is 19.8 Å². The van der Waals surface area contributed by atoms with Crippen LogP contribution in [0, 0.1) is 11.3 Å². The Morgan fingerprint density at radius 3 is 2.31 bits per heavy atom. The first-order valence-electron chi connectivity index (χ1n) is 6.07. The molecule has 2 N–H and O–H groups in total. The van der Waals surface area contributed by atoms with Gasteiger partial charge in [-0.1, -0.05) is 6.92 Å². The molecule has 0 spiro atoms.